The van der Waals surface area contributed by atoms with E-state index in [0.29, 0.717) is 19.6 Å². The fraction of sp³-hybridized carbons (Fsp3) is 0.300. The van der Waals surface area contributed by atoms with Gasteiger partial charge in [-0.25, -0.2) is 0 Å². The molecule has 0 unspecified atom stereocenters. The van der Waals surface area contributed by atoms with Gasteiger partial charge in [0.2, 0.25) is 5.91 Å². The first-order valence-electron chi connectivity index (χ1n) is 12.1. The fourth-order valence-electron chi connectivity index (χ4n) is 4.74. The van der Waals surface area contributed by atoms with Gasteiger partial charge in [-0.05, 0) is 40.8 Å². The Morgan fingerprint density at radius 3 is 2.37 bits per heavy atom. The highest BCUT2D eigenvalue weighted by Gasteiger charge is 2.27. The Balaban J connectivity index is 1.71. The summed E-state index contributed by atoms with van der Waals surface area (Å²) in [6.45, 7) is 3.99. The second-order valence-electron chi connectivity index (χ2n) is 8.93. The lowest BCUT2D eigenvalue weighted by Gasteiger charge is -2.24. The molecule has 1 amide bonds. The van der Waals surface area contributed by atoms with Crippen LogP contribution in [0.5, 0.6) is 5.75 Å². The number of hydrogen-bond donors (Lipinski definition) is 1. The molecule has 1 N–H and O–H groups in total. The van der Waals surface area contributed by atoms with E-state index in [0.717, 1.165) is 12.3 Å². The molecule has 5 heteroatoms. The molecule has 4 rings (SSSR count). The number of para-hydroxylation sites is 1. The minimum Gasteiger partial charge on any atom is -0.497 e. The van der Waals surface area contributed by atoms with Crippen molar-refractivity contribution in [2.45, 2.75) is 31.7 Å². The molecule has 2 atom stereocenters. The molecule has 4 aromatic rings. The average Bonchev–Trinajstić information content (AvgIpc) is 3.26. The number of fused-ring (bicyclic) bond motifs is 1. The van der Waals surface area contributed by atoms with E-state index < -0.39 is 0 Å². The first kappa shape index (κ1) is 24.6. The number of methoxy groups -OCH3 is 2. The first-order valence-corrected chi connectivity index (χ1v) is 12.1. The van der Waals surface area contributed by atoms with E-state index in [1.54, 1.807) is 14.2 Å². The van der Waals surface area contributed by atoms with Crippen LogP contribution in [0.2, 0.25) is 0 Å². The number of nitrogens with one attached hydrogen (secondary N) is 1. The summed E-state index contributed by atoms with van der Waals surface area (Å²) in [7, 11) is 3.32. The monoisotopic (exact) mass is 470 g/mol. The number of ether oxygens (including phenoxy) is 2. The zero-order chi connectivity index (χ0) is 24.6. The second-order valence-corrected chi connectivity index (χ2v) is 8.93. The summed E-state index contributed by atoms with van der Waals surface area (Å²) in [4.78, 5) is 12.9. The zero-order valence-corrected chi connectivity index (χ0v) is 20.7. The molecule has 0 bridgehead atoms. The van der Waals surface area contributed by atoms with Crippen molar-refractivity contribution >= 4 is 16.8 Å². The summed E-state index contributed by atoms with van der Waals surface area (Å²) in [5, 5.41) is 4.21. The van der Waals surface area contributed by atoms with Crippen LogP contribution < -0.4 is 10.1 Å². The van der Waals surface area contributed by atoms with Crippen LogP contribution in [0.1, 0.15) is 41.9 Å². The zero-order valence-electron chi connectivity index (χ0n) is 20.7. The van der Waals surface area contributed by atoms with Crippen molar-refractivity contribution in [2.24, 2.45) is 0 Å². The number of aromatic nitrogens is 1. The topological polar surface area (TPSA) is 52.5 Å². The standard InChI is InChI=1S/C30H34N2O3/c1-22(24-9-5-4-6-10-24)27(19-30(33)31-17-18-34-2)28-21-32(29-12-8-7-11-26(28)29)20-23-13-15-25(35-3)16-14-23/h4-16,21-22,27H,17-20H2,1-3H3,(H,31,33)/t22-,27+/m1/s1. The van der Waals surface area contributed by atoms with E-state index in [1.807, 2.05) is 18.2 Å². The van der Waals surface area contributed by atoms with Gasteiger partial charge >= 0.3 is 0 Å². The van der Waals surface area contributed by atoms with Crippen molar-refractivity contribution in [3.05, 3.63) is 102 Å². The van der Waals surface area contributed by atoms with E-state index in [4.69, 9.17) is 9.47 Å². The predicted molar refractivity (Wildman–Crippen MR) is 141 cm³/mol. The van der Waals surface area contributed by atoms with Crippen molar-refractivity contribution in [1.29, 1.82) is 0 Å². The Morgan fingerprint density at radius 1 is 0.943 bits per heavy atom. The Hall–Kier alpha value is -3.57. The molecule has 182 valence electrons. The van der Waals surface area contributed by atoms with Gasteiger partial charge in [-0.2, -0.15) is 0 Å². The smallest absolute Gasteiger partial charge is 0.220 e. The van der Waals surface area contributed by atoms with E-state index >= 15 is 0 Å². The second kappa shape index (κ2) is 11.7. The lowest BCUT2D eigenvalue weighted by Crippen LogP contribution is -2.29. The number of carbonyl (C=O) groups excluding carboxylic acids is 1. The Labute approximate surface area is 207 Å². The van der Waals surface area contributed by atoms with Crippen molar-refractivity contribution in [2.75, 3.05) is 27.4 Å². The maximum atomic E-state index is 12.9. The molecule has 0 aliphatic heterocycles. The van der Waals surface area contributed by atoms with E-state index in [2.05, 4.69) is 83.7 Å². The molecule has 0 fully saturated rings. The Morgan fingerprint density at radius 2 is 1.66 bits per heavy atom. The molecular formula is C30H34N2O3. The highest BCUT2D eigenvalue weighted by molar-refractivity contribution is 5.86. The fourth-order valence-corrected chi connectivity index (χ4v) is 4.74. The third kappa shape index (κ3) is 5.92. The molecule has 0 radical (unpaired) electrons. The highest BCUT2D eigenvalue weighted by Crippen LogP contribution is 2.39. The van der Waals surface area contributed by atoms with Gasteiger partial charge in [0.1, 0.15) is 5.75 Å². The minimum absolute atomic E-state index is 0.0296. The van der Waals surface area contributed by atoms with Crippen molar-refractivity contribution in [1.82, 2.24) is 9.88 Å². The van der Waals surface area contributed by atoms with Gasteiger partial charge in [0.25, 0.3) is 0 Å². The van der Waals surface area contributed by atoms with Crippen LogP contribution in [-0.2, 0) is 16.1 Å². The van der Waals surface area contributed by atoms with Crippen molar-refractivity contribution in [3.63, 3.8) is 0 Å². The molecule has 1 aromatic heterocycles. The van der Waals surface area contributed by atoms with Crippen molar-refractivity contribution < 1.29 is 14.3 Å². The van der Waals surface area contributed by atoms with Gasteiger partial charge in [-0.3, -0.25) is 4.79 Å². The molecular weight excluding hydrogens is 436 g/mol. The molecule has 3 aromatic carbocycles. The quantitative estimate of drug-likeness (QED) is 0.285. The Kier molecular flexibility index (Phi) is 8.22. The number of rotatable bonds is 11. The summed E-state index contributed by atoms with van der Waals surface area (Å²) in [6.07, 6.45) is 2.65. The molecule has 0 spiro atoms. The summed E-state index contributed by atoms with van der Waals surface area (Å²) in [5.74, 6) is 1.09. The molecule has 0 aliphatic carbocycles. The predicted octanol–water partition coefficient (Wildman–Crippen LogP) is 5.74. The SMILES string of the molecule is COCCNC(=O)C[C@H](c1cn(Cc2ccc(OC)cc2)c2ccccc12)[C@H](C)c1ccccc1. The molecule has 1 heterocycles. The molecule has 0 saturated carbocycles. The maximum absolute atomic E-state index is 12.9. The molecule has 0 aliphatic rings. The molecule has 0 saturated heterocycles. The number of nitrogens with zero attached hydrogens (tertiary/aromatic N) is 1. The summed E-state index contributed by atoms with van der Waals surface area (Å²) in [6, 6.07) is 27.1. The Bertz CT molecular complexity index is 1230. The average molecular weight is 471 g/mol. The van der Waals surface area contributed by atoms with Gasteiger partial charge < -0.3 is 19.4 Å². The van der Waals surface area contributed by atoms with E-state index in [-0.39, 0.29) is 17.7 Å². The van der Waals surface area contributed by atoms with E-state index in [9.17, 15) is 4.79 Å². The molecule has 35 heavy (non-hydrogen) atoms. The van der Waals surface area contributed by atoms with E-state index in [1.165, 1.54) is 27.6 Å². The lowest BCUT2D eigenvalue weighted by atomic mass is 9.80. The normalized spacial score (nSPS) is 12.9. The van der Waals surface area contributed by atoms with Gasteiger partial charge in [0, 0.05) is 49.6 Å². The van der Waals surface area contributed by atoms with Crippen LogP contribution in [0.25, 0.3) is 10.9 Å². The van der Waals surface area contributed by atoms with Crippen LogP contribution in [0, 0.1) is 0 Å². The van der Waals surface area contributed by atoms with Crippen LogP contribution in [0.3, 0.4) is 0 Å². The van der Waals surface area contributed by atoms with Gasteiger partial charge in [0.15, 0.2) is 0 Å². The number of benzene rings is 3. The minimum atomic E-state index is 0.0296. The van der Waals surface area contributed by atoms with Crippen LogP contribution in [0.4, 0.5) is 0 Å². The number of carbonyl (C=O) groups is 1. The molecule has 5 nitrogen and oxygen atoms in total. The lowest BCUT2D eigenvalue weighted by molar-refractivity contribution is -0.121. The highest BCUT2D eigenvalue weighted by atomic mass is 16.5. The number of amides is 1. The third-order valence-corrected chi connectivity index (χ3v) is 6.69. The third-order valence-electron chi connectivity index (χ3n) is 6.69. The van der Waals surface area contributed by atoms with Crippen molar-refractivity contribution in [3.8, 4) is 5.75 Å². The number of hydrogen-bond acceptors (Lipinski definition) is 3. The van der Waals surface area contributed by atoms with Crippen LogP contribution in [-0.4, -0.2) is 37.8 Å². The summed E-state index contributed by atoms with van der Waals surface area (Å²) in [5.41, 5.74) is 4.80. The van der Waals surface area contributed by atoms with Crippen LogP contribution in [0.15, 0.2) is 85.1 Å². The van der Waals surface area contributed by atoms with Gasteiger partial charge in [0.05, 0.1) is 13.7 Å². The maximum Gasteiger partial charge on any atom is 0.220 e. The largest absolute Gasteiger partial charge is 0.497 e. The summed E-state index contributed by atoms with van der Waals surface area (Å²) < 4.78 is 12.7. The van der Waals surface area contributed by atoms with Gasteiger partial charge in [-0.15, -0.1) is 0 Å². The van der Waals surface area contributed by atoms with Gasteiger partial charge in [-0.1, -0.05) is 67.6 Å². The first-order chi connectivity index (χ1) is 17.1. The van der Waals surface area contributed by atoms with Crippen LogP contribution >= 0.6 is 0 Å². The summed E-state index contributed by atoms with van der Waals surface area (Å²) >= 11 is 0.